The topological polar surface area (TPSA) is 71.7 Å². The van der Waals surface area contributed by atoms with Crippen molar-refractivity contribution in [1.82, 2.24) is 14.8 Å². The number of pyridine rings is 1. The Morgan fingerprint density at radius 1 is 1.18 bits per heavy atom. The number of aromatic nitrogens is 1. The maximum Gasteiger partial charge on any atom is 0.417 e. The monoisotopic (exact) mass is 563 g/mol. The van der Waals surface area contributed by atoms with E-state index in [1.54, 1.807) is 0 Å². The summed E-state index contributed by atoms with van der Waals surface area (Å²) >= 11 is 0. The van der Waals surface area contributed by atoms with Crippen molar-refractivity contribution in [3.8, 4) is 0 Å². The molecule has 3 atom stereocenters. The summed E-state index contributed by atoms with van der Waals surface area (Å²) in [5.74, 6) is -1.49. The molecule has 2 aromatic rings. The second-order valence-corrected chi connectivity index (χ2v) is 10.9. The Hall–Kier alpha value is -3.18. The SMILES string of the molecule is CCC(C)N1CC=C(c2cc(NC(=O)c3c[nH]c(=O)cc3C(F)(F)F)c(N3CC(C)N(C)C(C)C3)cc2F)CC1. The zero-order chi connectivity index (χ0) is 29.4. The molecule has 11 heteroatoms. The summed E-state index contributed by atoms with van der Waals surface area (Å²) in [5, 5.41) is 2.62. The van der Waals surface area contributed by atoms with Gasteiger partial charge in [0.25, 0.3) is 5.91 Å². The van der Waals surface area contributed by atoms with E-state index in [4.69, 9.17) is 0 Å². The van der Waals surface area contributed by atoms with Gasteiger partial charge in [-0.2, -0.15) is 13.2 Å². The zero-order valence-corrected chi connectivity index (χ0v) is 23.5. The summed E-state index contributed by atoms with van der Waals surface area (Å²) in [7, 11) is 2.01. The summed E-state index contributed by atoms with van der Waals surface area (Å²) in [6.07, 6.45) is -0.571. The Labute approximate surface area is 231 Å². The minimum atomic E-state index is -4.91. The number of aromatic amines is 1. The number of H-pyrrole nitrogens is 1. The number of nitrogens with one attached hydrogen (secondary N) is 2. The van der Waals surface area contributed by atoms with Gasteiger partial charge in [-0.1, -0.05) is 13.0 Å². The van der Waals surface area contributed by atoms with Crippen molar-refractivity contribution in [2.75, 3.05) is 43.4 Å². The smallest absolute Gasteiger partial charge is 0.367 e. The first-order valence-electron chi connectivity index (χ1n) is 13.6. The molecule has 1 amide bonds. The summed E-state index contributed by atoms with van der Waals surface area (Å²) in [6, 6.07) is 3.90. The summed E-state index contributed by atoms with van der Waals surface area (Å²) in [6.45, 7) is 10.8. The highest BCUT2D eigenvalue weighted by molar-refractivity contribution is 6.07. The molecule has 1 saturated heterocycles. The van der Waals surface area contributed by atoms with Gasteiger partial charge in [0.2, 0.25) is 5.56 Å². The maximum atomic E-state index is 15.7. The lowest BCUT2D eigenvalue weighted by atomic mass is 9.96. The molecular formula is C29H37F4N5O2. The molecule has 2 aliphatic heterocycles. The number of alkyl halides is 3. The zero-order valence-electron chi connectivity index (χ0n) is 23.5. The Morgan fingerprint density at radius 2 is 1.85 bits per heavy atom. The normalized spacial score (nSPS) is 21.7. The number of likely N-dealkylation sites (N-methyl/N-ethyl adjacent to an activating group) is 1. The van der Waals surface area contributed by atoms with Crippen LogP contribution in [0.2, 0.25) is 0 Å². The summed E-state index contributed by atoms with van der Waals surface area (Å²) < 4.78 is 56.8. The van der Waals surface area contributed by atoms with Crippen LogP contribution in [-0.2, 0) is 6.18 Å². The first-order valence-corrected chi connectivity index (χ1v) is 13.6. The predicted octanol–water partition coefficient (Wildman–Crippen LogP) is 5.20. The lowest BCUT2D eigenvalue weighted by Crippen LogP contribution is -2.55. The number of carbonyl (C=O) groups is 1. The van der Waals surface area contributed by atoms with E-state index >= 15 is 4.39 Å². The minimum Gasteiger partial charge on any atom is -0.367 e. The van der Waals surface area contributed by atoms with Crippen LogP contribution in [-0.4, -0.2) is 72.0 Å². The second-order valence-electron chi connectivity index (χ2n) is 10.9. The lowest BCUT2D eigenvalue weighted by molar-refractivity contribution is -0.138. The number of rotatable bonds is 6. The number of anilines is 2. The molecule has 218 valence electrons. The Kier molecular flexibility index (Phi) is 8.75. The molecule has 4 rings (SSSR count). The molecule has 2 aliphatic rings. The molecule has 0 spiro atoms. The molecule has 0 saturated carbocycles. The third-order valence-corrected chi connectivity index (χ3v) is 8.31. The fourth-order valence-electron chi connectivity index (χ4n) is 5.44. The number of amides is 1. The molecule has 0 bridgehead atoms. The largest absolute Gasteiger partial charge is 0.417 e. The van der Waals surface area contributed by atoms with Crippen molar-refractivity contribution >= 4 is 22.9 Å². The average Bonchev–Trinajstić information content (AvgIpc) is 2.91. The van der Waals surface area contributed by atoms with Crippen LogP contribution in [0.5, 0.6) is 0 Å². The number of hydrogen-bond acceptors (Lipinski definition) is 5. The van der Waals surface area contributed by atoms with Crippen molar-refractivity contribution in [1.29, 1.82) is 0 Å². The standard InChI is InChI=1S/C29H37F4N5O2/c1-6-17(2)37-9-7-20(8-10-37)21-11-25(26(13-24(21)30)38-15-18(3)36(5)19(4)16-38)35-28(40)22-14-34-27(39)12-23(22)29(31,32)33/h7,11-14,17-19H,6,8-10,15-16H2,1-5H3,(H,34,39)(H,35,40). The van der Waals surface area contributed by atoms with Crippen molar-refractivity contribution in [3.63, 3.8) is 0 Å². The lowest BCUT2D eigenvalue weighted by Gasteiger charge is -2.44. The highest BCUT2D eigenvalue weighted by atomic mass is 19.4. The number of hydrogen-bond donors (Lipinski definition) is 2. The van der Waals surface area contributed by atoms with E-state index in [1.807, 2.05) is 31.9 Å². The number of piperazine rings is 1. The van der Waals surface area contributed by atoms with Crippen LogP contribution in [0.4, 0.5) is 28.9 Å². The molecule has 7 nitrogen and oxygen atoms in total. The van der Waals surface area contributed by atoms with Crippen molar-refractivity contribution < 1.29 is 22.4 Å². The number of carbonyl (C=O) groups excluding carboxylic acids is 1. The highest BCUT2D eigenvalue weighted by Gasteiger charge is 2.36. The van der Waals surface area contributed by atoms with E-state index in [2.05, 4.69) is 33.9 Å². The molecule has 1 aromatic heterocycles. The molecule has 0 radical (unpaired) electrons. The Balaban J connectivity index is 1.76. The fourth-order valence-corrected chi connectivity index (χ4v) is 5.44. The van der Waals surface area contributed by atoms with Crippen molar-refractivity contribution in [2.24, 2.45) is 0 Å². The van der Waals surface area contributed by atoms with E-state index in [1.165, 1.54) is 12.1 Å². The predicted molar refractivity (Wildman–Crippen MR) is 149 cm³/mol. The van der Waals surface area contributed by atoms with Gasteiger partial charge in [0.15, 0.2) is 0 Å². The van der Waals surface area contributed by atoms with Gasteiger partial charge in [-0.05, 0) is 58.4 Å². The third kappa shape index (κ3) is 6.25. The Bertz CT molecular complexity index is 1330. The van der Waals surface area contributed by atoms with Crippen LogP contribution >= 0.6 is 0 Å². The van der Waals surface area contributed by atoms with Crippen molar-refractivity contribution in [2.45, 2.75) is 64.8 Å². The van der Waals surface area contributed by atoms with Gasteiger partial charge in [-0.15, -0.1) is 0 Å². The van der Waals surface area contributed by atoms with Gasteiger partial charge in [0, 0.05) is 62.1 Å². The second kappa shape index (κ2) is 11.7. The van der Waals surface area contributed by atoms with E-state index in [0.29, 0.717) is 49.4 Å². The van der Waals surface area contributed by atoms with E-state index < -0.39 is 34.6 Å². The fraction of sp³-hybridized carbons (Fsp3) is 0.517. The number of halogens is 4. The van der Waals surface area contributed by atoms with Crippen LogP contribution in [0, 0.1) is 5.82 Å². The summed E-state index contributed by atoms with van der Waals surface area (Å²) in [4.78, 5) is 33.5. The molecule has 3 heterocycles. The Morgan fingerprint density at radius 3 is 2.42 bits per heavy atom. The van der Waals surface area contributed by atoms with Crippen molar-refractivity contribution in [3.05, 3.63) is 63.3 Å². The van der Waals surface area contributed by atoms with Gasteiger partial charge in [0.05, 0.1) is 22.5 Å². The molecule has 2 N–H and O–H groups in total. The van der Waals surface area contributed by atoms with Gasteiger partial charge < -0.3 is 15.2 Å². The first kappa shape index (κ1) is 29.8. The maximum absolute atomic E-state index is 15.7. The van der Waals surface area contributed by atoms with Crippen LogP contribution < -0.4 is 15.8 Å². The van der Waals surface area contributed by atoms with Gasteiger partial charge >= 0.3 is 6.18 Å². The first-order chi connectivity index (χ1) is 18.8. The van der Waals surface area contributed by atoms with E-state index in [9.17, 15) is 22.8 Å². The van der Waals surface area contributed by atoms with E-state index in [-0.39, 0.29) is 17.8 Å². The van der Waals surface area contributed by atoms with Crippen LogP contribution in [0.15, 0.2) is 35.3 Å². The highest BCUT2D eigenvalue weighted by Crippen LogP contribution is 2.37. The van der Waals surface area contributed by atoms with Crippen LogP contribution in [0.3, 0.4) is 0 Å². The van der Waals surface area contributed by atoms with Gasteiger partial charge in [-0.3, -0.25) is 19.4 Å². The quantitative estimate of drug-likeness (QED) is 0.473. The van der Waals surface area contributed by atoms with Gasteiger partial charge in [0.1, 0.15) is 5.82 Å². The summed E-state index contributed by atoms with van der Waals surface area (Å²) in [5.41, 5.74) is -1.30. The molecule has 3 unspecified atom stereocenters. The van der Waals surface area contributed by atoms with Gasteiger partial charge in [-0.25, -0.2) is 4.39 Å². The average molecular weight is 564 g/mol. The van der Waals surface area contributed by atoms with E-state index in [0.717, 1.165) is 24.7 Å². The third-order valence-electron chi connectivity index (χ3n) is 8.31. The minimum absolute atomic E-state index is 0.124. The molecule has 40 heavy (non-hydrogen) atoms. The molecule has 0 aliphatic carbocycles. The number of nitrogens with zero attached hydrogens (tertiary/aromatic N) is 3. The van der Waals surface area contributed by atoms with Crippen LogP contribution in [0.1, 0.15) is 62.0 Å². The molecular weight excluding hydrogens is 526 g/mol. The molecule has 1 aromatic carbocycles. The van der Waals surface area contributed by atoms with Crippen LogP contribution in [0.25, 0.3) is 5.57 Å². The molecule has 1 fully saturated rings. The number of benzene rings is 1.